The van der Waals surface area contributed by atoms with E-state index in [0.717, 1.165) is 51.5 Å². The molecule has 0 radical (unpaired) electrons. The maximum Gasteiger partial charge on any atom is 0.0673 e. The summed E-state index contributed by atoms with van der Waals surface area (Å²) in [6.45, 7) is 9.67. The molecule has 0 aromatic heterocycles. The van der Waals surface area contributed by atoms with Crippen molar-refractivity contribution in [1.29, 1.82) is 0 Å². The molecule has 1 saturated carbocycles. The van der Waals surface area contributed by atoms with E-state index >= 15 is 0 Å². The first kappa shape index (κ1) is 22.1. The van der Waals surface area contributed by atoms with Gasteiger partial charge in [-0.2, -0.15) is 0 Å². The van der Waals surface area contributed by atoms with Crippen LogP contribution >= 0.6 is 0 Å². The number of aryl methyl sites for hydroxylation is 1. The summed E-state index contributed by atoms with van der Waals surface area (Å²) in [5, 5.41) is 10.9. The molecule has 3 aliphatic rings. The Labute approximate surface area is 194 Å². The molecule has 2 atom stereocenters. The minimum Gasteiger partial charge on any atom is -0.392 e. The summed E-state index contributed by atoms with van der Waals surface area (Å²) >= 11 is 0. The van der Waals surface area contributed by atoms with Crippen LogP contribution in [-0.4, -0.2) is 46.7 Å². The second kappa shape index (κ2) is 9.67. The van der Waals surface area contributed by atoms with E-state index in [0.29, 0.717) is 5.92 Å². The Bertz CT molecular complexity index is 935. The predicted octanol–water partition coefficient (Wildman–Crippen LogP) is 5.07. The van der Waals surface area contributed by atoms with Crippen LogP contribution in [0.2, 0.25) is 0 Å². The first-order valence-electron chi connectivity index (χ1n) is 13.0. The zero-order valence-electron chi connectivity index (χ0n) is 20.0. The van der Waals surface area contributed by atoms with Gasteiger partial charge in [-0.15, -0.1) is 0 Å². The van der Waals surface area contributed by atoms with Crippen LogP contribution in [0.3, 0.4) is 0 Å². The Morgan fingerprint density at radius 3 is 2.44 bits per heavy atom. The minimum absolute atomic E-state index is 0.275. The van der Waals surface area contributed by atoms with Crippen molar-refractivity contribution in [2.45, 2.75) is 89.9 Å². The van der Waals surface area contributed by atoms with E-state index in [4.69, 9.17) is 0 Å². The lowest BCUT2D eigenvalue weighted by Crippen LogP contribution is -2.43. The third-order valence-corrected chi connectivity index (χ3v) is 8.30. The van der Waals surface area contributed by atoms with E-state index in [9.17, 15) is 5.11 Å². The lowest BCUT2D eigenvalue weighted by molar-refractivity contribution is 0.0939. The smallest absolute Gasteiger partial charge is 0.0673 e. The van der Waals surface area contributed by atoms with Crippen molar-refractivity contribution >= 4 is 0 Å². The van der Waals surface area contributed by atoms with Crippen LogP contribution in [-0.2, 0) is 32.4 Å². The van der Waals surface area contributed by atoms with Crippen molar-refractivity contribution in [2.75, 3.05) is 19.6 Å². The summed E-state index contributed by atoms with van der Waals surface area (Å²) in [5.74, 6) is 0.387. The fraction of sp³-hybridized carbons (Fsp3) is 0.586. The monoisotopic (exact) mass is 432 g/mol. The first-order chi connectivity index (χ1) is 15.6. The normalized spacial score (nSPS) is 21.5. The van der Waals surface area contributed by atoms with Crippen LogP contribution in [0.5, 0.6) is 0 Å². The van der Waals surface area contributed by atoms with E-state index in [1.54, 1.807) is 0 Å². The minimum atomic E-state index is -0.275. The van der Waals surface area contributed by atoms with Gasteiger partial charge in [-0.25, -0.2) is 0 Å². The molecule has 1 aliphatic carbocycles. The SMILES string of the molecule is CCc1ccc2c(c1)CN(C[C@H](O)C[C@H](C)c1ccc3c(c1)CN(C1CCC1)CC3)CC2. The van der Waals surface area contributed by atoms with E-state index < -0.39 is 0 Å². The molecule has 0 amide bonds. The second-order valence-electron chi connectivity index (χ2n) is 10.6. The van der Waals surface area contributed by atoms with Crippen LogP contribution in [0.15, 0.2) is 36.4 Å². The van der Waals surface area contributed by atoms with Crippen LogP contribution < -0.4 is 0 Å². The standard InChI is InChI=1S/C29H40N2O/c1-3-22-7-8-23-11-13-30(18-26(23)16-22)20-29(32)15-21(2)25-10-9-24-12-14-31(19-27(24)17-25)28-5-4-6-28/h7-10,16-17,21,28-29,32H,3-6,11-15,18-20H2,1-2H3/t21-,29+/m0/s1. The third kappa shape index (κ3) is 4.81. The fourth-order valence-electron chi connectivity index (χ4n) is 5.93. The quantitative estimate of drug-likeness (QED) is 0.661. The maximum atomic E-state index is 10.9. The molecule has 172 valence electrons. The average molecular weight is 433 g/mol. The van der Waals surface area contributed by atoms with E-state index in [1.807, 2.05) is 0 Å². The van der Waals surface area contributed by atoms with Gasteiger partial charge in [0.05, 0.1) is 6.10 Å². The number of fused-ring (bicyclic) bond motifs is 2. The van der Waals surface area contributed by atoms with Gasteiger partial charge >= 0.3 is 0 Å². The van der Waals surface area contributed by atoms with Crippen molar-refractivity contribution < 1.29 is 5.11 Å². The van der Waals surface area contributed by atoms with E-state index in [2.05, 4.69) is 60.0 Å². The molecule has 0 spiro atoms. The average Bonchev–Trinajstić information content (AvgIpc) is 2.76. The zero-order valence-corrected chi connectivity index (χ0v) is 20.0. The molecule has 3 nitrogen and oxygen atoms in total. The third-order valence-electron chi connectivity index (χ3n) is 8.30. The number of benzene rings is 2. The highest BCUT2D eigenvalue weighted by molar-refractivity contribution is 5.36. The van der Waals surface area contributed by atoms with Gasteiger partial charge in [-0.05, 0) is 77.8 Å². The Balaban J connectivity index is 1.17. The molecule has 2 aliphatic heterocycles. The number of aliphatic hydroxyl groups is 1. The molecule has 0 bridgehead atoms. The van der Waals surface area contributed by atoms with Crippen LogP contribution in [0.1, 0.15) is 78.8 Å². The van der Waals surface area contributed by atoms with Crippen LogP contribution in [0.4, 0.5) is 0 Å². The predicted molar refractivity (Wildman–Crippen MR) is 132 cm³/mol. The number of nitrogens with zero attached hydrogens (tertiary/aromatic N) is 2. The summed E-state index contributed by atoms with van der Waals surface area (Å²) in [4.78, 5) is 5.15. The molecule has 2 heterocycles. The molecule has 0 unspecified atom stereocenters. The molecular formula is C29H40N2O. The highest BCUT2D eigenvalue weighted by Crippen LogP contribution is 2.32. The van der Waals surface area contributed by atoms with Crippen molar-refractivity contribution in [1.82, 2.24) is 9.80 Å². The highest BCUT2D eigenvalue weighted by Gasteiger charge is 2.28. The lowest BCUT2D eigenvalue weighted by Gasteiger charge is -2.40. The Morgan fingerprint density at radius 1 is 0.938 bits per heavy atom. The molecule has 5 rings (SSSR count). The van der Waals surface area contributed by atoms with Crippen molar-refractivity contribution in [3.05, 3.63) is 69.8 Å². The van der Waals surface area contributed by atoms with Gasteiger partial charge in [0.1, 0.15) is 0 Å². The Morgan fingerprint density at radius 2 is 1.69 bits per heavy atom. The summed E-state index contributed by atoms with van der Waals surface area (Å²) in [6.07, 6.45) is 8.13. The van der Waals surface area contributed by atoms with Crippen molar-refractivity contribution in [3.63, 3.8) is 0 Å². The molecular weight excluding hydrogens is 392 g/mol. The van der Waals surface area contributed by atoms with Gasteiger partial charge in [0.2, 0.25) is 0 Å². The molecule has 0 saturated heterocycles. The molecule has 1 N–H and O–H groups in total. The number of rotatable bonds is 7. The zero-order chi connectivity index (χ0) is 22.1. The summed E-state index contributed by atoms with van der Waals surface area (Å²) in [6, 6.07) is 14.9. The molecule has 3 heteroatoms. The number of β-amino-alcohol motifs (C(OH)–C–C–N with tert-alkyl or cyclic N) is 1. The van der Waals surface area contributed by atoms with Crippen molar-refractivity contribution in [3.8, 4) is 0 Å². The Hall–Kier alpha value is -1.68. The van der Waals surface area contributed by atoms with E-state index in [-0.39, 0.29) is 6.10 Å². The number of hydrogen-bond acceptors (Lipinski definition) is 3. The summed E-state index contributed by atoms with van der Waals surface area (Å²) in [7, 11) is 0. The highest BCUT2D eigenvalue weighted by atomic mass is 16.3. The van der Waals surface area contributed by atoms with Gasteiger partial charge in [-0.3, -0.25) is 9.80 Å². The van der Waals surface area contributed by atoms with Gasteiger partial charge in [0.25, 0.3) is 0 Å². The molecule has 2 aromatic carbocycles. The number of aliphatic hydroxyl groups excluding tert-OH is 1. The van der Waals surface area contributed by atoms with E-state index in [1.165, 1.54) is 65.6 Å². The van der Waals surface area contributed by atoms with Crippen LogP contribution in [0.25, 0.3) is 0 Å². The van der Waals surface area contributed by atoms with Gasteiger partial charge in [-0.1, -0.05) is 56.7 Å². The second-order valence-corrected chi connectivity index (χ2v) is 10.6. The summed E-state index contributed by atoms with van der Waals surface area (Å²) in [5.41, 5.74) is 8.84. The van der Waals surface area contributed by atoms with Gasteiger partial charge in [0.15, 0.2) is 0 Å². The Kier molecular flexibility index (Phi) is 6.69. The largest absolute Gasteiger partial charge is 0.392 e. The maximum absolute atomic E-state index is 10.9. The molecule has 2 aromatic rings. The van der Waals surface area contributed by atoms with Crippen molar-refractivity contribution in [2.24, 2.45) is 0 Å². The lowest BCUT2D eigenvalue weighted by atomic mass is 9.86. The molecule has 1 fully saturated rings. The van der Waals surface area contributed by atoms with Crippen LogP contribution in [0, 0.1) is 0 Å². The molecule has 32 heavy (non-hydrogen) atoms. The number of hydrogen-bond donors (Lipinski definition) is 1. The fourth-order valence-corrected chi connectivity index (χ4v) is 5.93. The van der Waals surface area contributed by atoms with Gasteiger partial charge < -0.3 is 5.11 Å². The first-order valence-corrected chi connectivity index (χ1v) is 13.0. The topological polar surface area (TPSA) is 26.7 Å². The van der Waals surface area contributed by atoms with Gasteiger partial charge in [0, 0.05) is 38.8 Å². The summed E-state index contributed by atoms with van der Waals surface area (Å²) < 4.78 is 0.